The first kappa shape index (κ1) is 13.1. The predicted molar refractivity (Wildman–Crippen MR) is 65.0 cm³/mol. The molecule has 1 aromatic rings. The monoisotopic (exact) mass is 225 g/mol. The number of aromatic nitrogens is 3. The molecule has 1 heterocycles. The molecular weight excluding hydrogens is 202 g/mol. The Bertz CT molecular complexity index is 307. The van der Waals surface area contributed by atoms with Crippen molar-refractivity contribution in [2.45, 2.75) is 45.8 Å². The van der Waals surface area contributed by atoms with Crippen LogP contribution in [0.5, 0.6) is 0 Å². The normalized spacial score (nSPS) is 13.7. The van der Waals surface area contributed by atoms with Crippen molar-refractivity contribution in [1.82, 2.24) is 19.7 Å². The van der Waals surface area contributed by atoms with Crippen LogP contribution in [0.25, 0.3) is 0 Å². The molecule has 0 radical (unpaired) electrons. The van der Waals surface area contributed by atoms with E-state index < -0.39 is 0 Å². The molecule has 0 aliphatic rings. The van der Waals surface area contributed by atoms with Crippen LogP contribution < -0.4 is 5.73 Å². The highest BCUT2D eigenvalue weighted by Crippen LogP contribution is 2.09. The molecule has 5 heteroatoms. The van der Waals surface area contributed by atoms with Gasteiger partial charge in [-0.3, -0.25) is 4.90 Å². The maximum absolute atomic E-state index is 5.56. The lowest BCUT2D eigenvalue weighted by Crippen LogP contribution is -2.31. The van der Waals surface area contributed by atoms with Crippen molar-refractivity contribution in [2.75, 3.05) is 13.6 Å². The highest BCUT2D eigenvalue weighted by molar-refractivity contribution is 4.87. The Morgan fingerprint density at radius 1 is 1.44 bits per heavy atom. The fraction of sp³-hybridized carbons (Fsp3) is 0.818. The lowest BCUT2D eigenvalue weighted by molar-refractivity contribution is 0.228. The van der Waals surface area contributed by atoms with Gasteiger partial charge < -0.3 is 5.73 Å². The van der Waals surface area contributed by atoms with Crippen LogP contribution in [0.1, 0.15) is 39.1 Å². The molecule has 0 saturated carbocycles. The second-order valence-electron chi connectivity index (χ2n) is 4.56. The van der Waals surface area contributed by atoms with Gasteiger partial charge in [-0.2, -0.15) is 5.10 Å². The smallest absolute Gasteiger partial charge is 0.141 e. The highest BCUT2D eigenvalue weighted by atomic mass is 15.4. The molecule has 2 N–H and O–H groups in total. The standard InChI is InChI=1S/C11H23N5/c1-9(2)16-11(13-8-14-16)7-15(4)10(3)5-6-12/h8-10H,5-7,12H2,1-4H3. The van der Waals surface area contributed by atoms with Crippen LogP contribution in [0.15, 0.2) is 6.33 Å². The summed E-state index contributed by atoms with van der Waals surface area (Å²) in [4.78, 5) is 6.56. The molecule has 0 aliphatic carbocycles. The zero-order valence-electron chi connectivity index (χ0n) is 10.7. The van der Waals surface area contributed by atoms with E-state index in [4.69, 9.17) is 5.73 Å². The molecular formula is C11H23N5. The van der Waals surface area contributed by atoms with E-state index in [9.17, 15) is 0 Å². The molecule has 16 heavy (non-hydrogen) atoms. The zero-order valence-corrected chi connectivity index (χ0v) is 10.7. The first-order chi connectivity index (χ1) is 7.56. The van der Waals surface area contributed by atoms with Gasteiger partial charge in [-0.05, 0) is 40.8 Å². The summed E-state index contributed by atoms with van der Waals surface area (Å²) in [5, 5.41) is 4.23. The van der Waals surface area contributed by atoms with Crippen LogP contribution in [-0.4, -0.2) is 39.3 Å². The minimum atomic E-state index is 0.357. The SMILES string of the molecule is CC(CCN)N(C)Cc1ncnn1C(C)C. The molecule has 0 fully saturated rings. The van der Waals surface area contributed by atoms with Gasteiger partial charge in [0.15, 0.2) is 0 Å². The van der Waals surface area contributed by atoms with E-state index in [0.717, 1.165) is 25.3 Å². The van der Waals surface area contributed by atoms with E-state index in [1.54, 1.807) is 6.33 Å². The molecule has 5 nitrogen and oxygen atoms in total. The van der Waals surface area contributed by atoms with Crippen LogP contribution in [0, 0.1) is 0 Å². The Morgan fingerprint density at radius 3 is 2.69 bits per heavy atom. The summed E-state index contributed by atoms with van der Waals surface area (Å²) in [7, 11) is 2.10. The van der Waals surface area contributed by atoms with E-state index in [0.29, 0.717) is 12.1 Å². The maximum Gasteiger partial charge on any atom is 0.141 e. The second kappa shape index (κ2) is 5.96. The molecule has 0 saturated heterocycles. The Morgan fingerprint density at radius 2 is 2.12 bits per heavy atom. The molecule has 1 atom stereocenters. The van der Waals surface area contributed by atoms with Crippen molar-refractivity contribution in [3.8, 4) is 0 Å². The van der Waals surface area contributed by atoms with Crippen LogP contribution in [0.3, 0.4) is 0 Å². The molecule has 0 aliphatic heterocycles. The molecule has 0 amide bonds. The summed E-state index contributed by atoms with van der Waals surface area (Å²) < 4.78 is 1.96. The summed E-state index contributed by atoms with van der Waals surface area (Å²) >= 11 is 0. The Kier molecular flexibility index (Phi) is 4.89. The number of hydrogen-bond acceptors (Lipinski definition) is 4. The third-order valence-electron chi connectivity index (χ3n) is 2.86. The summed E-state index contributed by atoms with van der Waals surface area (Å²) in [5.74, 6) is 1.02. The molecule has 1 unspecified atom stereocenters. The molecule has 1 rings (SSSR count). The molecule has 92 valence electrons. The van der Waals surface area contributed by atoms with E-state index in [-0.39, 0.29) is 0 Å². The second-order valence-corrected chi connectivity index (χ2v) is 4.56. The predicted octanol–water partition coefficient (Wildman–Crippen LogP) is 1.03. The van der Waals surface area contributed by atoms with E-state index in [2.05, 4.69) is 42.8 Å². The minimum absolute atomic E-state index is 0.357. The molecule has 0 spiro atoms. The van der Waals surface area contributed by atoms with Gasteiger partial charge in [-0.1, -0.05) is 0 Å². The number of hydrogen-bond donors (Lipinski definition) is 1. The molecule has 0 aromatic carbocycles. The summed E-state index contributed by atoms with van der Waals surface area (Å²) in [6.07, 6.45) is 2.63. The van der Waals surface area contributed by atoms with Gasteiger partial charge in [-0.25, -0.2) is 9.67 Å². The van der Waals surface area contributed by atoms with Gasteiger partial charge in [0, 0.05) is 12.1 Å². The average molecular weight is 225 g/mol. The number of nitrogens with two attached hydrogens (primary N) is 1. The van der Waals surface area contributed by atoms with Crippen molar-refractivity contribution in [3.63, 3.8) is 0 Å². The van der Waals surface area contributed by atoms with Crippen molar-refractivity contribution >= 4 is 0 Å². The first-order valence-corrected chi connectivity index (χ1v) is 5.85. The topological polar surface area (TPSA) is 60.0 Å². The molecule has 1 aromatic heterocycles. The first-order valence-electron chi connectivity index (χ1n) is 5.85. The van der Waals surface area contributed by atoms with Gasteiger partial charge in [-0.15, -0.1) is 0 Å². The lowest BCUT2D eigenvalue weighted by Gasteiger charge is -2.24. The van der Waals surface area contributed by atoms with Crippen LogP contribution in [-0.2, 0) is 6.54 Å². The van der Waals surface area contributed by atoms with Gasteiger partial charge in [0.2, 0.25) is 0 Å². The zero-order chi connectivity index (χ0) is 12.1. The fourth-order valence-corrected chi connectivity index (χ4v) is 1.66. The van der Waals surface area contributed by atoms with E-state index >= 15 is 0 Å². The van der Waals surface area contributed by atoms with Crippen LogP contribution >= 0.6 is 0 Å². The van der Waals surface area contributed by atoms with Gasteiger partial charge >= 0.3 is 0 Å². The highest BCUT2D eigenvalue weighted by Gasteiger charge is 2.13. The molecule has 0 bridgehead atoms. The van der Waals surface area contributed by atoms with E-state index in [1.807, 2.05) is 4.68 Å². The van der Waals surface area contributed by atoms with Crippen molar-refractivity contribution < 1.29 is 0 Å². The quantitative estimate of drug-likeness (QED) is 0.785. The Balaban J connectivity index is 2.62. The van der Waals surface area contributed by atoms with Crippen LogP contribution in [0.2, 0.25) is 0 Å². The number of rotatable bonds is 6. The summed E-state index contributed by atoms with van der Waals surface area (Å²) in [5.41, 5.74) is 5.56. The van der Waals surface area contributed by atoms with Gasteiger partial charge in [0.05, 0.1) is 6.54 Å². The Hall–Kier alpha value is -0.940. The largest absolute Gasteiger partial charge is 0.330 e. The third-order valence-corrected chi connectivity index (χ3v) is 2.86. The van der Waals surface area contributed by atoms with Gasteiger partial charge in [0.25, 0.3) is 0 Å². The summed E-state index contributed by atoms with van der Waals surface area (Å²) in [6, 6.07) is 0.832. The fourth-order valence-electron chi connectivity index (χ4n) is 1.66. The Labute approximate surface area is 97.6 Å². The third kappa shape index (κ3) is 3.28. The van der Waals surface area contributed by atoms with Crippen molar-refractivity contribution in [3.05, 3.63) is 12.2 Å². The average Bonchev–Trinajstić information content (AvgIpc) is 2.66. The van der Waals surface area contributed by atoms with Crippen molar-refractivity contribution in [2.24, 2.45) is 5.73 Å². The minimum Gasteiger partial charge on any atom is -0.330 e. The maximum atomic E-state index is 5.56. The van der Waals surface area contributed by atoms with E-state index in [1.165, 1.54) is 0 Å². The lowest BCUT2D eigenvalue weighted by atomic mass is 10.2. The van der Waals surface area contributed by atoms with Crippen LogP contribution in [0.4, 0.5) is 0 Å². The summed E-state index contributed by atoms with van der Waals surface area (Å²) in [6.45, 7) is 7.95. The van der Waals surface area contributed by atoms with Gasteiger partial charge in [0.1, 0.15) is 12.2 Å². The van der Waals surface area contributed by atoms with Crippen molar-refractivity contribution in [1.29, 1.82) is 0 Å². The number of nitrogens with zero attached hydrogens (tertiary/aromatic N) is 4.